The van der Waals surface area contributed by atoms with Gasteiger partial charge >= 0.3 is 0 Å². The Morgan fingerprint density at radius 3 is 2.61 bits per heavy atom. The number of allylic oxidation sites excluding steroid dienone is 1. The molecule has 0 aliphatic rings. The highest BCUT2D eigenvalue weighted by molar-refractivity contribution is 7.99. The number of nitrogens with zero attached hydrogens (tertiary/aromatic N) is 4. The molecule has 1 atom stereocenters. The lowest BCUT2D eigenvalue weighted by atomic mass is 10.2. The fourth-order valence-corrected chi connectivity index (χ4v) is 4.04. The van der Waals surface area contributed by atoms with Crippen LogP contribution in [0, 0.1) is 17.0 Å². The molecule has 12 heteroatoms. The van der Waals surface area contributed by atoms with E-state index < -0.39 is 11.0 Å². The number of methoxy groups -OCH3 is 1. The normalized spacial score (nSPS) is 11.4. The first kappa shape index (κ1) is 26.4. The van der Waals surface area contributed by atoms with Crippen molar-refractivity contribution in [3.05, 3.63) is 82.2 Å². The molecule has 36 heavy (non-hydrogen) atoms. The zero-order valence-electron chi connectivity index (χ0n) is 20.1. The van der Waals surface area contributed by atoms with Crippen molar-refractivity contribution in [1.29, 1.82) is 0 Å². The second kappa shape index (κ2) is 12.0. The quantitative estimate of drug-likeness (QED) is 0.171. The number of carbonyl (C=O) groups is 2. The summed E-state index contributed by atoms with van der Waals surface area (Å²) in [5, 5.41) is 25.5. The molecule has 2 amide bonds. The number of benzene rings is 2. The Kier molecular flexibility index (Phi) is 8.79. The summed E-state index contributed by atoms with van der Waals surface area (Å²) in [6, 6.07) is 10.6. The molecule has 0 unspecified atom stereocenters. The predicted molar refractivity (Wildman–Crippen MR) is 136 cm³/mol. The Balaban J connectivity index is 1.67. The summed E-state index contributed by atoms with van der Waals surface area (Å²) in [4.78, 5) is 35.7. The number of hydrogen-bond acceptors (Lipinski definition) is 8. The summed E-state index contributed by atoms with van der Waals surface area (Å²) < 4.78 is 6.88. The largest absolute Gasteiger partial charge is 0.497 e. The summed E-state index contributed by atoms with van der Waals surface area (Å²) in [6.07, 6.45) is 1.67. The lowest BCUT2D eigenvalue weighted by molar-refractivity contribution is -0.384. The Morgan fingerprint density at radius 1 is 1.25 bits per heavy atom. The van der Waals surface area contributed by atoms with Crippen LogP contribution in [0.4, 0.5) is 11.4 Å². The van der Waals surface area contributed by atoms with Gasteiger partial charge in [-0.15, -0.1) is 16.8 Å². The van der Waals surface area contributed by atoms with E-state index in [4.69, 9.17) is 4.74 Å². The molecule has 1 aromatic heterocycles. The average molecular weight is 511 g/mol. The molecular formula is C24H26N6O5S. The van der Waals surface area contributed by atoms with Crippen LogP contribution < -0.4 is 15.4 Å². The lowest BCUT2D eigenvalue weighted by Crippen LogP contribution is -2.28. The molecule has 0 saturated heterocycles. The van der Waals surface area contributed by atoms with E-state index in [-0.39, 0.29) is 23.3 Å². The number of ether oxygens (including phenoxy) is 1. The molecule has 3 aromatic rings. The van der Waals surface area contributed by atoms with Gasteiger partial charge in [-0.25, -0.2) is 0 Å². The van der Waals surface area contributed by atoms with E-state index in [0.717, 1.165) is 11.8 Å². The fourth-order valence-electron chi connectivity index (χ4n) is 3.29. The molecule has 0 fully saturated rings. The van der Waals surface area contributed by atoms with Crippen LogP contribution in [0.5, 0.6) is 5.75 Å². The Morgan fingerprint density at radius 2 is 1.97 bits per heavy atom. The van der Waals surface area contributed by atoms with Crippen molar-refractivity contribution in [2.45, 2.75) is 31.6 Å². The second-order valence-electron chi connectivity index (χ2n) is 7.76. The van der Waals surface area contributed by atoms with Crippen LogP contribution >= 0.6 is 11.8 Å². The molecule has 3 rings (SSSR count). The molecule has 0 aliphatic heterocycles. The molecule has 1 heterocycles. The van der Waals surface area contributed by atoms with Gasteiger partial charge in [-0.1, -0.05) is 23.9 Å². The van der Waals surface area contributed by atoms with Crippen molar-refractivity contribution in [1.82, 2.24) is 20.1 Å². The zero-order valence-corrected chi connectivity index (χ0v) is 20.9. The number of thioether (sulfide) groups is 1. The summed E-state index contributed by atoms with van der Waals surface area (Å²) in [5.41, 5.74) is 1.44. The van der Waals surface area contributed by atoms with E-state index >= 15 is 0 Å². The highest BCUT2D eigenvalue weighted by Gasteiger charge is 2.21. The van der Waals surface area contributed by atoms with Gasteiger partial charge in [-0.3, -0.25) is 19.7 Å². The Bertz CT molecular complexity index is 1270. The van der Waals surface area contributed by atoms with Crippen LogP contribution in [0.2, 0.25) is 0 Å². The maximum Gasteiger partial charge on any atom is 0.271 e. The maximum absolute atomic E-state index is 12.7. The molecule has 188 valence electrons. The van der Waals surface area contributed by atoms with Crippen LogP contribution in [0.3, 0.4) is 0 Å². The van der Waals surface area contributed by atoms with Gasteiger partial charge < -0.3 is 19.9 Å². The van der Waals surface area contributed by atoms with Crippen LogP contribution in [0.25, 0.3) is 0 Å². The van der Waals surface area contributed by atoms with Crippen LogP contribution in [-0.2, 0) is 11.3 Å². The first-order valence-electron chi connectivity index (χ1n) is 10.9. The number of hydrogen-bond donors (Lipinski definition) is 2. The average Bonchev–Trinajstić information content (AvgIpc) is 3.26. The first-order chi connectivity index (χ1) is 17.2. The zero-order chi connectivity index (χ0) is 26.2. The molecule has 11 nitrogen and oxygen atoms in total. The minimum atomic E-state index is -0.516. The minimum Gasteiger partial charge on any atom is -0.497 e. The number of aromatic nitrogens is 3. The highest BCUT2D eigenvalue weighted by atomic mass is 32.2. The van der Waals surface area contributed by atoms with Gasteiger partial charge in [0.25, 0.3) is 11.6 Å². The van der Waals surface area contributed by atoms with E-state index in [1.54, 1.807) is 61.9 Å². The smallest absolute Gasteiger partial charge is 0.271 e. The standard InChI is InChI=1S/C24H26N6O5S/c1-5-12-29-22(16(3)25-23(32)17-7-10-19(35-4)11-8-17)27-28-24(29)36-14-21(31)26-20-13-18(30(33)34)9-6-15(20)2/h5-11,13,16H,1,12,14H2,2-4H3,(H,25,32)(H,26,31)/t16-/m0/s1. The number of amides is 2. The first-order valence-corrected chi connectivity index (χ1v) is 11.9. The number of nitro benzene ring substituents is 1. The molecular weight excluding hydrogens is 484 g/mol. The highest BCUT2D eigenvalue weighted by Crippen LogP contribution is 2.24. The molecule has 0 spiro atoms. The van der Waals surface area contributed by atoms with Crippen molar-refractivity contribution < 1.29 is 19.2 Å². The van der Waals surface area contributed by atoms with Crippen molar-refractivity contribution in [2.75, 3.05) is 18.2 Å². The molecule has 0 bridgehead atoms. The van der Waals surface area contributed by atoms with Crippen LogP contribution in [0.1, 0.15) is 34.7 Å². The number of anilines is 1. The van der Waals surface area contributed by atoms with E-state index in [1.807, 2.05) is 0 Å². The predicted octanol–water partition coefficient (Wildman–Crippen LogP) is 3.91. The summed E-state index contributed by atoms with van der Waals surface area (Å²) in [7, 11) is 1.55. The summed E-state index contributed by atoms with van der Waals surface area (Å²) in [5.74, 6) is 0.536. The number of nitro groups is 1. The van der Waals surface area contributed by atoms with Crippen LogP contribution in [0.15, 0.2) is 60.3 Å². The minimum absolute atomic E-state index is 0.00396. The fraction of sp³-hybridized carbons (Fsp3) is 0.250. The Hall–Kier alpha value is -4.19. The van der Waals surface area contributed by atoms with Gasteiger partial charge in [0.15, 0.2) is 11.0 Å². The van der Waals surface area contributed by atoms with Gasteiger partial charge in [0, 0.05) is 24.2 Å². The van der Waals surface area contributed by atoms with Gasteiger partial charge in [0.2, 0.25) is 5.91 Å². The SMILES string of the molecule is C=CCn1c(SCC(=O)Nc2cc([N+](=O)[O-])ccc2C)nnc1[C@H](C)NC(=O)c1ccc(OC)cc1. The number of carbonyl (C=O) groups excluding carboxylic acids is 2. The Labute approximate surface area is 212 Å². The third-order valence-corrected chi connectivity index (χ3v) is 6.15. The van der Waals surface area contributed by atoms with Gasteiger partial charge in [-0.2, -0.15) is 0 Å². The van der Waals surface area contributed by atoms with Gasteiger partial charge in [-0.05, 0) is 43.7 Å². The van der Waals surface area contributed by atoms with E-state index in [2.05, 4.69) is 27.4 Å². The lowest BCUT2D eigenvalue weighted by Gasteiger charge is -2.15. The molecule has 0 saturated carbocycles. The topological polar surface area (TPSA) is 141 Å². The van der Waals surface area contributed by atoms with Crippen molar-refractivity contribution in [3.63, 3.8) is 0 Å². The maximum atomic E-state index is 12.7. The molecule has 0 aliphatic carbocycles. The molecule has 0 radical (unpaired) electrons. The van der Waals surface area contributed by atoms with Crippen molar-refractivity contribution >= 4 is 35.0 Å². The van der Waals surface area contributed by atoms with E-state index in [9.17, 15) is 19.7 Å². The number of rotatable bonds is 11. The van der Waals surface area contributed by atoms with Crippen molar-refractivity contribution in [2.24, 2.45) is 0 Å². The molecule has 2 N–H and O–H groups in total. The summed E-state index contributed by atoms with van der Waals surface area (Å²) in [6.45, 7) is 7.68. The van der Waals surface area contributed by atoms with Gasteiger partial charge in [0.1, 0.15) is 5.75 Å². The van der Waals surface area contributed by atoms with Crippen LogP contribution in [-0.4, -0.2) is 44.4 Å². The monoisotopic (exact) mass is 510 g/mol. The summed E-state index contributed by atoms with van der Waals surface area (Å²) >= 11 is 1.16. The number of nitrogens with one attached hydrogen (secondary N) is 2. The molecule has 2 aromatic carbocycles. The number of non-ortho nitro benzene ring substituents is 1. The number of aryl methyl sites for hydroxylation is 1. The second-order valence-corrected chi connectivity index (χ2v) is 8.70. The third kappa shape index (κ3) is 6.48. The van der Waals surface area contributed by atoms with Crippen molar-refractivity contribution in [3.8, 4) is 5.75 Å². The van der Waals surface area contributed by atoms with Gasteiger partial charge in [0.05, 0.1) is 29.5 Å². The third-order valence-electron chi connectivity index (χ3n) is 5.18. The van der Waals surface area contributed by atoms with E-state index in [0.29, 0.717) is 40.1 Å². The van der Waals surface area contributed by atoms with E-state index in [1.165, 1.54) is 12.1 Å².